The molecular formula is C21H24ClN3O3. The van der Waals surface area contributed by atoms with Crippen molar-refractivity contribution in [2.24, 2.45) is 0 Å². The van der Waals surface area contributed by atoms with Gasteiger partial charge in [-0.3, -0.25) is 14.5 Å². The van der Waals surface area contributed by atoms with Gasteiger partial charge in [0.2, 0.25) is 5.91 Å². The van der Waals surface area contributed by atoms with Crippen LogP contribution in [0.2, 0.25) is 5.02 Å². The average molecular weight is 402 g/mol. The van der Waals surface area contributed by atoms with Crippen LogP contribution in [0.4, 0.5) is 5.69 Å². The van der Waals surface area contributed by atoms with Gasteiger partial charge >= 0.3 is 0 Å². The summed E-state index contributed by atoms with van der Waals surface area (Å²) >= 11 is 6.13. The summed E-state index contributed by atoms with van der Waals surface area (Å²) < 4.78 is 5.25. The van der Waals surface area contributed by atoms with Crippen molar-refractivity contribution in [3.05, 3.63) is 59.1 Å². The maximum absolute atomic E-state index is 12.6. The number of nitrogens with one attached hydrogen (secondary N) is 1. The lowest BCUT2D eigenvalue weighted by atomic mass is 10.1. The standard InChI is InChI=1S/C21H24ClN3O3/c1-28-19-9-5-4-8-18(19)23-20(26)10-11-24-12-14-25(15-13-24)21(27)16-6-2-3-7-17(16)22/h2-9H,10-15H2,1H3,(H,23,26). The molecule has 0 atom stereocenters. The van der Waals surface area contributed by atoms with Gasteiger partial charge < -0.3 is 15.0 Å². The molecule has 0 saturated carbocycles. The predicted octanol–water partition coefficient (Wildman–Crippen LogP) is 3.14. The van der Waals surface area contributed by atoms with E-state index in [4.69, 9.17) is 16.3 Å². The number of amides is 2. The summed E-state index contributed by atoms with van der Waals surface area (Å²) in [5.41, 5.74) is 1.21. The molecule has 2 amide bonds. The molecule has 2 aromatic rings. The molecule has 1 heterocycles. The monoisotopic (exact) mass is 401 g/mol. The second-order valence-corrected chi connectivity index (χ2v) is 7.02. The number of carbonyl (C=O) groups excluding carboxylic acids is 2. The Kier molecular flexibility index (Phi) is 6.90. The molecule has 1 aliphatic rings. The van der Waals surface area contributed by atoms with Crippen LogP contribution in [0.25, 0.3) is 0 Å². The first-order valence-electron chi connectivity index (χ1n) is 9.27. The molecule has 0 aromatic heterocycles. The van der Waals surface area contributed by atoms with Gasteiger partial charge in [0, 0.05) is 39.1 Å². The second kappa shape index (κ2) is 9.57. The quantitative estimate of drug-likeness (QED) is 0.807. The largest absolute Gasteiger partial charge is 0.495 e. The van der Waals surface area contributed by atoms with E-state index in [1.807, 2.05) is 41.3 Å². The van der Waals surface area contributed by atoms with Crippen LogP contribution in [0.3, 0.4) is 0 Å². The third-order valence-electron chi connectivity index (χ3n) is 4.80. The Morgan fingerprint density at radius 1 is 1.04 bits per heavy atom. The molecule has 0 radical (unpaired) electrons. The van der Waals surface area contributed by atoms with Crippen LogP contribution in [0, 0.1) is 0 Å². The smallest absolute Gasteiger partial charge is 0.255 e. The van der Waals surface area contributed by atoms with Crippen LogP contribution in [-0.2, 0) is 4.79 Å². The van der Waals surface area contributed by atoms with E-state index >= 15 is 0 Å². The Labute approximate surface area is 170 Å². The zero-order valence-corrected chi connectivity index (χ0v) is 16.6. The van der Waals surface area contributed by atoms with Gasteiger partial charge in [-0.15, -0.1) is 0 Å². The van der Waals surface area contributed by atoms with Crippen molar-refractivity contribution in [2.45, 2.75) is 6.42 Å². The number of hydrogen-bond acceptors (Lipinski definition) is 4. The summed E-state index contributed by atoms with van der Waals surface area (Å²) in [4.78, 5) is 28.9. The van der Waals surface area contributed by atoms with Crippen LogP contribution in [0.1, 0.15) is 16.8 Å². The third kappa shape index (κ3) is 5.03. The van der Waals surface area contributed by atoms with E-state index in [9.17, 15) is 9.59 Å². The summed E-state index contributed by atoms with van der Waals surface area (Å²) in [7, 11) is 1.58. The number of rotatable bonds is 6. The number of carbonyl (C=O) groups is 2. The van der Waals surface area contributed by atoms with Crippen molar-refractivity contribution in [3.8, 4) is 5.75 Å². The van der Waals surface area contributed by atoms with Crippen LogP contribution < -0.4 is 10.1 Å². The zero-order chi connectivity index (χ0) is 19.9. The molecule has 1 aliphatic heterocycles. The Morgan fingerprint density at radius 2 is 1.71 bits per heavy atom. The number of para-hydroxylation sites is 2. The Balaban J connectivity index is 1.45. The highest BCUT2D eigenvalue weighted by Crippen LogP contribution is 2.23. The normalized spacial score (nSPS) is 14.6. The number of ether oxygens (including phenoxy) is 1. The van der Waals surface area contributed by atoms with Crippen molar-refractivity contribution in [3.63, 3.8) is 0 Å². The highest BCUT2D eigenvalue weighted by atomic mass is 35.5. The van der Waals surface area contributed by atoms with E-state index in [2.05, 4.69) is 10.2 Å². The molecule has 0 unspecified atom stereocenters. The maximum atomic E-state index is 12.6. The van der Waals surface area contributed by atoms with Crippen LogP contribution in [-0.4, -0.2) is 61.4 Å². The number of halogens is 1. The van der Waals surface area contributed by atoms with Gasteiger partial charge in [-0.2, -0.15) is 0 Å². The van der Waals surface area contributed by atoms with Gasteiger partial charge in [0.25, 0.3) is 5.91 Å². The highest BCUT2D eigenvalue weighted by molar-refractivity contribution is 6.33. The molecule has 3 rings (SSSR count). The van der Waals surface area contributed by atoms with Gasteiger partial charge in [0.05, 0.1) is 23.4 Å². The van der Waals surface area contributed by atoms with Gasteiger partial charge in [-0.1, -0.05) is 35.9 Å². The fourth-order valence-corrected chi connectivity index (χ4v) is 3.42. The molecule has 7 heteroatoms. The first kappa shape index (κ1) is 20.2. The van der Waals surface area contributed by atoms with Crippen molar-refractivity contribution in [1.82, 2.24) is 9.80 Å². The molecule has 1 fully saturated rings. The molecule has 6 nitrogen and oxygen atoms in total. The summed E-state index contributed by atoms with van der Waals surface area (Å²) in [6, 6.07) is 14.4. The minimum absolute atomic E-state index is 0.0424. The first-order chi connectivity index (χ1) is 13.6. The number of anilines is 1. The lowest BCUT2D eigenvalue weighted by Crippen LogP contribution is -2.49. The Hall–Kier alpha value is -2.57. The van der Waals surface area contributed by atoms with E-state index in [1.54, 1.807) is 19.2 Å². The zero-order valence-electron chi connectivity index (χ0n) is 15.9. The number of hydrogen-bond donors (Lipinski definition) is 1. The molecular weight excluding hydrogens is 378 g/mol. The third-order valence-corrected chi connectivity index (χ3v) is 5.13. The minimum atomic E-state index is -0.0564. The lowest BCUT2D eigenvalue weighted by molar-refractivity contribution is -0.116. The highest BCUT2D eigenvalue weighted by Gasteiger charge is 2.23. The molecule has 0 bridgehead atoms. The summed E-state index contributed by atoms with van der Waals surface area (Å²) in [5, 5.41) is 3.36. The minimum Gasteiger partial charge on any atom is -0.495 e. The van der Waals surface area contributed by atoms with Crippen LogP contribution in [0.15, 0.2) is 48.5 Å². The fourth-order valence-electron chi connectivity index (χ4n) is 3.20. The van der Waals surface area contributed by atoms with Crippen LogP contribution >= 0.6 is 11.6 Å². The molecule has 0 aliphatic carbocycles. The molecule has 0 spiro atoms. The van der Waals surface area contributed by atoms with Crippen molar-refractivity contribution in [2.75, 3.05) is 45.2 Å². The summed E-state index contributed by atoms with van der Waals surface area (Å²) in [6.07, 6.45) is 0.385. The number of methoxy groups -OCH3 is 1. The van der Waals surface area contributed by atoms with Gasteiger partial charge in [0.1, 0.15) is 5.75 Å². The molecule has 148 valence electrons. The van der Waals surface area contributed by atoms with Crippen molar-refractivity contribution < 1.29 is 14.3 Å². The maximum Gasteiger partial charge on any atom is 0.255 e. The predicted molar refractivity (Wildman–Crippen MR) is 110 cm³/mol. The summed E-state index contributed by atoms with van der Waals surface area (Å²) in [6.45, 7) is 3.36. The lowest BCUT2D eigenvalue weighted by Gasteiger charge is -2.34. The van der Waals surface area contributed by atoms with Crippen molar-refractivity contribution in [1.29, 1.82) is 0 Å². The number of benzene rings is 2. The van der Waals surface area contributed by atoms with E-state index < -0.39 is 0 Å². The Morgan fingerprint density at radius 3 is 2.43 bits per heavy atom. The molecule has 2 aromatic carbocycles. The van der Waals surface area contributed by atoms with Crippen molar-refractivity contribution >= 4 is 29.1 Å². The number of piperazine rings is 1. The number of nitrogens with zero attached hydrogens (tertiary/aromatic N) is 2. The molecule has 28 heavy (non-hydrogen) atoms. The Bertz CT molecular complexity index is 835. The topological polar surface area (TPSA) is 61.9 Å². The van der Waals surface area contributed by atoms with Gasteiger partial charge in [-0.25, -0.2) is 0 Å². The van der Waals surface area contributed by atoms with Gasteiger partial charge in [-0.05, 0) is 24.3 Å². The second-order valence-electron chi connectivity index (χ2n) is 6.61. The summed E-state index contributed by atoms with van der Waals surface area (Å²) in [5.74, 6) is 0.542. The van der Waals surface area contributed by atoms with Crippen LogP contribution in [0.5, 0.6) is 5.75 Å². The van der Waals surface area contributed by atoms with E-state index in [1.165, 1.54) is 0 Å². The van der Waals surface area contributed by atoms with Gasteiger partial charge in [0.15, 0.2) is 0 Å². The average Bonchev–Trinajstić information content (AvgIpc) is 2.73. The first-order valence-corrected chi connectivity index (χ1v) is 9.65. The van der Waals surface area contributed by atoms with E-state index in [0.29, 0.717) is 48.1 Å². The molecule has 1 saturated heterocycles. The molecule has 1 N–H and O–H groups in total. The van der Waals surface area contributed by atoms with E-state index in [-0.39, 0.29) is 11.8 Å². The van der Waals surface area contributed by atoms with E-state index in [0.717, 1.165) is 13.1 Å². The fraction of sp³-hybridized carbons (Fsp3) is 0.333. The SMILES string of the molecule is COc1ccccc1NC(=O)CCN1CCN(C(=O)c2ccccc2Cl)CC1.